The van der Waals surface area contributed by atoms with E-state index in [0.29, 0.717) is 5.15 Å². The van der Waals surface area contributed by atoms with Crippen molar-refractivity contribution in [3.05, 3.63) is 40.1 Å². The summed E-state index contributed by atoms with van der Waals surface area (Å²) >= 11 is 12.0. The first-order chi connectivity index (χ1) is 6.20. The van der Waals surface area contributed by atoms with Crippen molar-refractivity contribution in [2.75, 3.05) is 0 Å². The minimum atomic E-state index is 0.503. The van der Waals surface area contributed by atoms with Gasteiger partial charge in [-0.1, -0.05) is 35.3 Å². The van der Waals surface area contributed by atoms with E-state index in [1.165, 1.54) is 0 Å². The molecular weight excluding hydrogens is 205 g/mol. The van der Waals surface area contributed by atoms with Crippen LogP contribution in [-0.4, -0.2) is 4.98 Å². The van der Waals surface area contributed by atoms with Crippen molar-refractivity contribution in [3.8, 4) is 0 Å². The molecule has 1 heterocycles. The second-order valence-electron chi connectivity index (χ2n) is 2.89. The van der Waals surface area contributed by atoms with E-state index >= 15 is 0 Å². The molecule has 2 rings (SSSR count). The quantitative estimate of drug-likeness (QED) is 0.604. The third-order valence-electron chi connectivity index (χ3n) is 2.00. The molecule has 0 N–H and O–H groups in total. The van der Waals surface area contributed by atoms with E-state index < -0.39 is 0 Å². The number of halogens is 2. The molecular formula is C10H7Cl2N. The number of hydrogen-bond donors (Lipinski definition) is 0. The first kappa shape index (κ1) is 8.79. The van der Waals surface area contributed by atoms with Gasteiger partial charge in [-0.15, -0.1) is 0 Å². The Hall–Kier alpha value is -0.790. The molecule has 0 unspecified atom stereocenters. The Bertz CT molecular complexity index is 457. The number of hydrogen-bond acceptors (Lipinski definition) is 1. The Morgan fingerprint density at radius 1 is 1.23 bits per heavy atom. The summed E-state index contributed by atoms with van der Waals surface area (Å²) in [5.74, 6) is 0. The van der Waals surface area contributed by atoms with Crippen LogP contribution in [0.4, 0.5) is 0 Å². The number of nitrogens with zero attached hydrogens (tertiary/aromatic N) is 1. The maximum atomic E-state index is 6.05. The normalized spacial score (nSPS) is 10.7. The molecule has 1 aromatic heterocycles. The highest BCUT2D eigenvalue weighted by atomic mass is 35.5. The van der Waals surface area contributed by atoms with Gasteiger partial charge in [-0.25, -0.2) is 4.98 Å². The van der Waals surface area contributed by atoms with Gasteiger partial charge in [0.2, 0.25) is 0 Å². The maximum Gasteiger partial charge on any atom is 0.136 e. The van der Waals surface area contributed by atoms with E-state index in [9.17, 15) is 0 Å². The Kier molecular flexibility index (Phi) is 2.14. The topological polar surface area (TPSA) is 12.9 Å². The number of rotatable bonds is 0. The van der Waals surface area contributed by atoms with Gasteiger partial charge in [0.05, 0.1) is 0 Å². The van der Waals surface area contributed by atoms with Gasteiger partial charge in [0.1, 0.15) is 5.15 Å². The summed E-state index contributed by atoms with van der Waals surface area (Å²) in [6.07, 6.45) is 1.73. The smallest absolute Gasteiger partial charge is 0.136 e. The molecule has 66 valence electrons. The van der Waals surface area contributed by atoms with Gasteiger partial charge in [-0.2, -0.15) is 0 Å². The van der Waals surface area contributed by atoms with Crippen LogP contribution >= 0.6 is 23.2 Å². The Morgan fingerprint density at radius 2 is 2.00 bits per heavy atom. The van der Waals surface area contributed by atoms with Crippen LogP contribution in [0, 0.1) is 6.92 Å². The highest BCUT2D eigenvalue weighted by Gasteiger charge is 2.05. The lowest BCUT2D eigenvalue weighted by Gasteiger charge is -2.04. The summed E-state index contributed by atoms with van der Waals surface area (Å²) in [5.41, 5.74) is 1.05. The SMILES string of the molecule is Cc1cnc(Cl)c2cccc(Cl)c12. The average molecular weight is 212 g/mol. The molecule has 0 fully saturated rings. The van der Waals surface area contributed by atoms with Crippen molar-refractivity contribution >= 4 is 34.0 Å². The first-order valence-corrected chi connectivity index (χ1v) is 4.65. The fourth-order valence-electron chi connectivity index (χ4n) is 1.38. The van der Waals surface area contributed by atoms with Crippen molar-refractivity contribution < 1.29 is 0 Å². The minimum absolute atomic E-state index is 0.503. The molecule has 0 aliphatic rings. The first-order valence-electron chi connectivity index (χ1n) is 3.89. The van der Waals surface area contributed by atoms with Crippen LogP contribution in [-0.2, 0) is 0 Å². The van der Waals surface area contributed by atoms with Crippen LogP contribution in [0.15, 0.2) is 24.4 Å². The molecule has 0 amide bonds. The minimum Gasteiger partial charge on any atom is -0.244 e. The number of pyridine rings is 1. The highest BCUT2D eigenvalue weighted by Crippen LogP contribution is 2.29. The zero-order valence-electron chi connectivity index (χ0n) is 7.01. The van der Waals surface area contributed by atoms with E-state index in [2.05, 4.69) is 4.98 Å². The summed E-state index contributed by atoms with van der Waals surface area (Å²) in [4.78, 5) is 4.05. The molecule has 0 saturated carbocycles. The molecule has 3 heteroatoms. The van der Waals surface area contributed by atoms with Gasteiger partial charge in [0, 0.05) is 22.0 Å². The van der Waals surface area contributed by atoms with Crippen LogP contribution in [0.5, 0.6) is 0 Å². The molecule has 2 aromatic rings. The average Bonchev–Trinajstić information content (AvgIpc) is 2.12. The largest absolute Gasteiger partial charge is 0.244 e. The van der Waals surface area contributed by atoms with Crippen molar-refractivity contribution in [3.63, 3.8) is 0 Å². The molecule has 0 aliphatic heterocycles. The third-order valence-corrected chi connectivity index (χ3v) is 2.62. The summed E-state index contributed by atoms with van der Waals surface area (Å²) in [7, 11) is 0. The predicted octanol–water partition coefficient (Wildman–Crippen LogP) is 3.85. The van der Waals surface area contributed by atoms with Crippen LogP contribution < -0.4 is 0 Å². The molecule has 0 atom stereocenters. The van der Waals surface area contributed by atoms with Crippen molar-refractivity contribution in [1.82, 2.24) is 4.98 Å². The molecule has 1 aromatic carbocycles. The number of aromatic nitrogens is 1. The van der Waals surface area contributed by atoms with E-state index in [0.717, 1.165) is 21.4 Å². The van der Waals surface area contributed by atoms with Gasteiger partial charge in [0.25, 0.3) is 0 Å². The lowest BCUT2D eigenvalue weighted by atomic mass is 10.1. The molecule has 1 nitrogen and oxygen atoms in total. The summed E-state index contributed by atoms with van der Waals surface area (Å²) in [6.45, 7) is 1.97. The maximum absolute atomic E-state index is 6.05. The summed E-state index contributed by atoms with van der Waals surface area (Å²) < 4.78 is 0. The molecule has 0 bridgehead atoms. The van der Waals surface area contributed by atoms with Crippen molar-refractivity contribution in [1.29, 1.82) is 0 Å². The molecule has 0 radical (unpaired) electrons. The van der Waals surface area contributed by atoms with E-state index in [-0.39, 0.29) is 0 Å². The molecule has 0 saturated heterocycles. The molecule has 13 heavy (non-hydrogen) atoms. The zero-order valence-corrected chi connectivity index (χ0v) is 8.52. The lowest BCUT2D eigenvalue weighted by Crippen LogP contribution is -1.84. The Balaban J connectivity index is 3.00. The second-order valence-corrected chi connectivity index (χ2v) is 3.66. The number of aryl methyl sites for hydroxylation is 1. The van der Waals surface area contributed by atoms with E-state index in [4.69, 9.17) is 23.2 Å². The fourth-order valence-corrected chi connectivity index (χ4v) is 1.91. The predicted molar refractivity (Wildman–Crippen MR) is 56.5 cm³/mol. The molecule has 0 spiro atoms. The van der Waals surface area contributed by atoms with Gasteiger partial charge < -0.3 is 0 Å². The third kappa shape index (κ3) is 1.38. The zero-order chi connectivity index (χ0) is 9.42. The monoisotopic (exact) mass is 211 g/mol. The highest BCUT2D eigenvalue weighted by molar-refractivity contribution is 6.39. The Morgan fingerprint density at radius 3 is 2.69 bits per heavy atom. The van der Waals surface area contributed by atoms with Gasteiger partial charge in [-0.3, -0.25) is 0 Å². The summed E-state index contributed by atoms with van der Waals surface area (Å²) in [5, 5.41) is 3.13. The van der Waals surface area contributed by atoms with Gasteiger partial charge in [-0.05, 0) is 18.6 Å². The van der Waals surface area contributed by atoms with Crippen molar-refractivity contribution in [2.24, 2.45) is 0 Å². The van der Waals surface area contributed by atoms with Crippen LogP contribution in [0.3, 0.4) is 0 Å². The summed E-state index contributed by atoms with van der Waals surface area (Å²) in [6, 6.07) is 5.65. The van der Waals surface area contributed by atoms with Gasteiger partial charge in [0.15, 0.2) is 0 Å². The van der Waals surface area contributed by atoms with E-state index in [1.807, 2.05) is 25.1 Å². The fraction of sp³-hybridized carbons (Fsp3) is 0.100. The molecule has 0 aliphatic carbocycles. The van der Waals surface area contributed by atoms with Crippen LogP contribution in [0.2, 0.25) is 10.2 Å². The standard InChI is InChI=1S/C10H7Cl2N/c1-6-5-13-10(12)7-3-2-4-8(11)9(6)7/h2-5H,1H3. The lowest BCUT2D eigenvalue weighted by molar-refractivity contribution is 1.31. The number of fused-ring (bicyclic) bond motifs is 1. The van der Waals surface area contributed by atoms with Gasteiger partial charge >= 0.3 is 0 Å². The van der Waals surface area contributed by atoms with Crippen LogP contribution in [0.25, 0.3) is 10.8 Å². The number of benzene rings is 1. The Labute approximate surface area is 86.3 Å². The second kappa shape index (κ2) is 3.17. The van der Waals surface area contributed by atoms with E-state index in [1.54, 1.807) is 6.20 Å². The van der Waals surface area contributed by atoms with Crippen LogP contribution in [0.1, 0.15) is 5.56 Å². The van der Waals surface area contributed by atoms with Crippen molar-refractivity contribution in [2.45, 2.75) is 6.92 Å².